The maximum Gasteiger partial charge on any atom is 0.219 e. The Kier molecular flexibility index (Phi) is 1.73. The van der Waals surface area contributed by atoms with Gasteiger partial charge in [0.05, 0.1) is 0 Å². The molecule has 0 saturated carbocycles. The largest absolute Gasteiger partial charge is 0.504 e. The van der Waals surface area contributed by atoms with E-state index in [0.29, 0.717) is 5.39 Å². The normalized spacial score (nSPS) is 10.8. The first kappa shape index (κ1) is 7.89. The summed E-state index contributed by atoms with van der Waals surface area (Å²) < 4.78 is 13.5. The van der Waals surface area contributed by atoms with Crippen molar-refractivity contribution in [2.75, 3.05) is 0 Å². The molecule has 0 atom stereocenters. The Hall–Kier alpha value is -0.740. The minimum absolute atomic E-state index is 0.261. The zero-order valence-corrected chi connectivity index (χ0v) is 7.62. The van der Waals surface area contributed by atoms with E-state index in [0.717, 1.165) is 20.9 Å². The molecule has 0 unspecified atom stereocenters. The number of hydrogen-bond acceptors (Lipinski definition) is 3. The molecule has 0 amide bonds. The summed E-state index contributed by atoms with van der Waals surface area (Å²) in [4.78, 5) is 0.767. The number of aromatic hydroxyl groups is 1. The molecule has 0 fully saturated rings. The van der Waals surface area contributed by atoms with Crippen LogP contribution in [0.15, 0.2) is 23.1 Å². The van der Waals surface area contributed by atoms with Crippen LogP contribution in [-0.2, 0) is 0 Å². The Morgan fingerprint density at radius 3 is 2.92 bits per heavy atom. The van der Waals surface area contributed by atoms with Gasteiger partial charge in [-0.25, -0.2) is 0 Å². The Morgan fingerprint density at radius 2 is 2.17 bits per heavy atom. The molecule has 1 aromatic carbocycles. The van der Waals surface area contributed by atoms with Crippen molar-refractivity contribution in [1.82, 2.24) is 0 Å². The van der Waals surface area contributed by atoms with Crippen LogP contribution >= 0.6 is 24.0 Å². The van der Waals surface area contributed by atoms with Gasteiger partial charge in [-0.1, -0.05) is 0 Å². The van der Waals surface area contributed by atoms with Gasteiger partial charge in [0.15, 0.2) is 5.75 Å². The molecule has 12 heavy (non-hydrogen) atoms. The number of benzene rings is 1. The van der Waals surface area contributed by atoms with Gasteiger partial charge in [-0.15, -0.1) is 24.0 Å². The van der Waals surface area contributed by atoms with Gasteiger partial charge in [-0.05, 0) is 18.2 Å². The maximum atomic E-state index is 12.8. The molecule has 2 aromatic rings. The SMILES string of the molecule is Oc1c(F)sc2cc(S)ccc12. The van der Waals surface area contributed by atoms with Gasteiger partial charge >= 0.3 is 0 Å². The third-order valence-corrected chi connectivity index (χ3v) is 2.81. The van der Waals surface area contributed by atoms with Crippen molar-refractivity contribution in [2.24, 2.45) is 0 Å². The van der Waals surface area contributed by atoms with E-state index in [1.165, 1.54) is 0 Å². The first-order valence-electron chi connectivity index (χ1n) is 3.28. The van der Waals surface area contributed by atoms with E-state index in [2.05, 4.69) is 12.6 Å². The van der Waals surface area contributed by atoms with E-state index < -0.39 is 5.13 Å². The number of thiol groups is 1. The van der Waals surface area contributed by atoms with Crippen LogP contribution in [-0.4, -0.2) is 5.11 Å². The van der Waals surface area contributed by atoms with E-state index in [-0.39, 0.29) is 5.75 Å². The molecular weight excluding hydrogens is 195 g/mol. The summed E-state index contributed by atoms with van der Waals surface area (Å²) >= 11 is 5.03. The first-order valence-corrected chi connectivity index (χ1v) is 4.55. The summed E-state index contributed by atoms with van der Waals surface area (Å²) in [5.74, 6) is -0.261. The molecule has 0 aliphatic carbocycles. The second-order valence-corrected chi connectivity index (χ2v) is 3.92. The fraction of sp³-hybridized carbons (Fsp3) is 0. The van der Waals surface area contributed by atoms with Crippen LogP contribution in [0, 0.1) is 5.13 Å². The molecule has 0 saturated heterocycles. The Balaban J connectivity index is 2.87. The molecular formula is C8H5FOS2. The average molecular weight is 200 g/mol. The second-order valence-electron chi connectivity index (χ2n) is 2.40. The number of halogens is 1. The quantitative estimate of drug-likeness (QED) is 0.626. The predicted octanol–water partition coefficient (Wildman–Crippen LogP) is 3.03. The third kappa shape index (κ3) is 1.07. The molecule has 1 heterocycles. The van der Waals surface area contributed by atoms with Gasteiger partial charge in [0, 0.05) is 15.0 Å². The highest BCUT2D eigenvalue weighted by Gasteiger charge is 2.09. The molecule has 1 N–H and O–H groups in total. The van der Waals surface area contributed by atoms with Crippen molar-refractivity contribution < 1.29 is 9.50 Å². The maximum absolute atomic E-state index is 12.8. The van der Waals surface area contributed by atoms with Crippen LogP contribution in [0.25, 0.3) is 10.1 Å². The average Bonchev–Trinajstić information content (AvgIpc) is 2.28. The minimum atomic E-state index is -0.538. The highest BCUT2D eigenvalue weighted by molar-refractivity contribution is 7.80. The van der Waals surface area contributed by atoms with Gasteiger partial charge in [-0.2, -0.15) is 4.39 Å². The summed E-state index contributed by atoms with van der Waals surface area (Å²) in [6, 6.07) is 5.11. The zero-order chi connectivity index (χ0) is 8.72. The fourth-order valence-corrected chi connectivity index (χ4v) is 2.19. The van der Waals surface area contributed by atoms with E-state index >= 15 is 0 Å². The van der Waals surface area contributed by atoms with E-state index in [1.807, 2.05) is 0 Å². The lowest BCUT2D eigenvalue weighted by Crippen LogP contribution is -1.65. The van der Waals surface area contributed by atoms with Crippen LogP contribution in [0.1, 0.15) is 0 Å². The lowest BCUT2D eigenvalue weighted by atomic mass is 10.2. The Morgan fingerprint density at radius 1 is 1.42 bits per heavy atom. The summed E-state index contributed by atoms with van der Waals surface area (Å²) in [5.41, 5.74) is 0. The lowest BCUT2D eigenvalue weighted by molar-refractivity contribution is 0.448. The molecule has 2 rings (SSSR count). The molecule has 4 heteroatoms. The lowest BCUT2D eigenvalue weighted by Gasteiger charge is -1.90. The smallest absolute Gasteiger partial charge is 0.219 e. The highest BCUT2D eigenvalue weighted by atomic mass is 32.1. The summed E-state index contributed by atoms with van der Waals surface area (Å²) in [6.45, 7) is 0. The molecule has 0 aliphatic heterocycles. The van der Waals surface area contributed by atoms with Gasteiger partial charge in [0.25, 0.3) is 0 Å². The van der Waals surface area contributed by atoms with Gasteiger partial charge in [0.1, 0.15) is 0 Å². The van der Waals surface area contributed by atoms with Gasteiger partial charge in [0.2, 0.25) is 5.13 Å². The van der Waals surface area contributed by atoms with Crippen molar-refractivity contribution in [3.05, 3.63) is 23.3 Å². The van der Waals surface area contributed by atoms with Crippen molar-refractivity contribution in [1.29, 1.82) is 0 Å². The topological polar surface area (TPSA) is 20.2 Å². The van der Waals surface area contributed by atoms with Crippen molar-refractivity contribution in [3.63, 3.8) is 0 Å². The van der Waals surface area contributed by atoms with Crippen molar-refractivity contribution >= 4 is 34.1 Å². The van der Waals surface area contributed by atoms with Crippen molar-refractivity contribution in [2.45, 2.75) is 4.90 Å². The van der Waals surface area contributed by atoms with Gasteiger partial charge < -0.3 is 5.11 Å². The Labute approximate surface area is 77.9 Å². The third-order valence-electron chi connectivity index (χ3n) is 1.61. The second kappa shape index (κ2) is 2.64. The standard InChI is InChI=1S/C8H5FOS2/c9-8-7(10)5-2-1-4(11)3-6(5)12-8/h1-3,10-11H. The van der Waals surface area contributed by atoms with E-state index in [9.17, 15) is 9.50 Å². The van der Waals surface area contributed by atoms with E-state index in [4.69, 9.17) is 0 Å². The minimum Gasteiger partial charge on any atom is -0.504 e. The van der Waals surface area contributed by atoms with Gasteiger partial charge in [-0.3, -0.25) is 0 Å². The molecule has 62 valence electrons. The van der Waals surface area contributed by atoms with Crippen molar-refractivity contribution in [3.8, 4) is 5.75 Å². The number of hydrogen-bond donors (Lipinski definition) is 2. The number of fused-ring (bicyclic) bond motifs is 1. The zero-order valence-electron chi connectivity index (χ0n) is 5.91. The fourth-order valence-electron chi connectivity index (χ4n) is 1.04. The number of rotatable bonds is 0. The summed E-state index contributed by atoms with van der Waals surface area (Å²) in [5, 5.41) is 9.21. The Bertz CT molecular complexity index is 436. The van der Waals surface area contributed by atoms with E-state index in [1.54, 1.807) is 18.2 Å². The number of thiophene rings is 1. The van der Waals surface area contributed by atoms with Crippen LogP contribution < -0.4 is 0 Å². The molecule has 1 aromatic heterocycles. The first-order chi connectivity index (χ1) is 5.68. The van der Waals surface area contributed by atoms with Crippen LogP contribution in [0.4, 0.5) is 4.39 Å². The molecule has 0 spiro atoms. The molecule has 0 aliphatic rings. The van der Waals surface area contributed by atoms with Crippen LogP contribution in [0.3, 0.4) is 0 Å². The molecule has 0 radical (unpaired) electrons. The van der Waals surface area contributed by atoms with Crippen LogP contribution in [0.5, 0.6) is 5.75 Å². The molecule has 1 nitrogen and oxygen atoms in total. The predicted molar refractivity (Wildman–Crippen MR) is 50.7 cm³/mol. The summed E-state index contributed by atoms with van der Waals surface area (Å²) in [7, 11) is 0. The highest BCUT2D eigenvalue weighted by Crippen LogP contribution is 2.36. The summed E-state index contributed by atoms with van der Waals surface area (Å²) in [6.07, 6.45) is 0. The monoisotopic (exact) mass is 200 g/mol. The van der Waals surface area contributed by atoms with Crippen LogP contribution in [0.2, 0.25) is 0 Å². The molecule has 0 bridgehead atoms.